The Morgan fingerprint density at radius 3 is 2.50 bits per heavy atom. The van der Waals surface area contributed by atoms with E-state index < -0.39 is 0 Å². The lowest BCUT2D eigenvalue weighted by molar-refractivity contribution is -0.121. The molecule has 1 unspecified atom stereocenters. The quantitative estimate of drug-likeness (QED) is 0.727. The van der Waals surface area contributed by atoms with Gasteiger partial charge in [0.05, 0.1) is 0 Å². The summed E-state index contributed by atoms with van der Waals surface area (Å²) >= 11 is 0. The highest BCUT2D eigenvalue weighted by Gasteiger charge is 2.10. The number of hydroxylamine groups is 2. The van der Waals surface area contributed by atoms with Crippen LogP contribution in [0, 0.1) is 0 Å². The van der Waals surface area contributed by atoms with Gasteiger partial charge in [-0.3, -0.25) is 0 Å². The van der Waals surface area contributed by atoms with Gasteiger partial charge in [0.25, 0.3) is 0 Å². The van der Waals surface area contributed by atoms with Gasteiger partial charge in [0.2, 0.25) is 0 Å². The Morgan fingerprint density at radius 1 is 1.29 bits per heavy atom. The van der Waals surface area contributed by atoms with Gasteiger partial charge in [0, 0.05) is 12.6 Å². The molecule has 2 heteroatoms. The molecule has 0 aromatic heterocycles. The minimum atomic E-state index is 0.192. The number of benzene rings is 1. The molecule has 1 N–H and O–H groups in total. The van der Waals surface area contributed by atoms with E-state index in [1.807, 2.05) is 25.1 Å². The van der Waals surface area contributed by atoms with Crippen LogP contribution in [0.1, 0.15) is 25.8 Å². The van der Waals surface area contributed by atoms with Crippen molar-refractivity contribution in [3.05, 3.63) is 35.9 Å². The van der Waals surface area contributed by atoms with E-state index in [9.17, 15) is 5.21 Å². The summed E-state index contributed by atoms with van der Waals surface area (Å²) in [4.78, 5) is 0. The van der Waals surface area contributed by atoms with Crippen LogP contribution >= 0.6 is 0 Å². The second-order valence-corrected chi connectivity index (χ2v) is 3.70. The van der Waals surface area contributed by atoms with Crippen LogP contribution in [-0.2, 0) is 6.42 Å². The van der Waals surface area contributed by atoms with Crippen molar-refractivity contribution < 1.29 is 5.21 Å². The van der Waals surface area contributed by atoms with Gasteiger partial charge in [-0.2, -0.15) is 5.06 Å². The summed E-state index contributed by atoms with van der Waals surface area (Å²) in [5.74, 6) is 0. The summed E-state index contributed by atoms with van der Waals surface area (Å²) in [6.07, 6.45) is 1.88. The van der Waals surface area contributed by atoms with Crippen molar-refractivity contribution in [1.82, 2.24) is 5.06 Å². The van der Waals surface area contributed by atoms with Crippen LogP contribution in [0.4, 0.5) is 0 Å². The average molecular weight is 193 g/mol. The molecule has 0 spiro atoms. The van der Waals surface area contributed by atoms with Crippen molar-refractivity contribution in [2.24, 2.45) is 0 Å². The average Bonchev–Trinajstić information content (AvgIpc) is 2.19. The fourth-order valence-electron chi connectivity index (χ4n) is 1.51. The third kappa shape index (κ3) is 3.48. The van der Waals surface area contributed by atoms with E-state index in [1.54, 1.807) is 0 Å². The molecule has 1 aromatic rings. The van der Waals surface area contributed by atoms with Crippen molar-refractivity contribution in [3.63, 3.8) is 0 Å². The highest BCUT2D eigenvalue weighted by atomic mass is 16.5. The number of hydrogen-bond acceptors (Lipinski definition) is 2. The molecule has 0 radical (unpaired) electrons. The Hall–Kier alpha value is -0.860. The predicted molar refractivity (Wildman–Crippen MR) is 58.4 cm³/mol. The van der Waals surface area contributed by atoms with Crippen molar-refractivity contribution >= 4 is 0 Å². The fourth-order valence-corrected chi connectivity index (χ4v) is 1.51. The maximum absolute atomic E-state index is 9.61. The van der Waals surface area contributed by atoms with Crippen molar-refractivity contribution in [1.29, 1.82) is 0 Å². The van der Waals surface area contributed by atoms with E-state index in [0.717, 1.165) is 19.4 Å². The van der Waals surface area contributed by atoms with Crippen LogP contribution in [0.15, 0.2) is 30.3 Å². The van der Waals surface area contributed by atoms with E-state index >= 15 is 0 Å². The zero-order valence-electron chi connectivity index (χ0n) is 8.98. The third-order valence-electron chi connectivity index (χ3n) is 2.34. The van der Waals surface area contributed by atoms with Gasteiger partial charge in [-0.25, -0.2) is 0 Å². The van der Waals surface area contributed by atoms with Gasteiger partial charge in [-0.1, -0.05) is 37.3 Å². The lowest BCUT2D eigenvalue weighted by Crippen LogP contribution is -2.32. The lowest BCUT2D eigenvalue weighted by atomic mass is 10.1. The first-order valence-electron chi connectivity index (χ1n) is 5.23. The summed E-state index contributed by atoms with van der Waals surface area (Å²) in [6.45, 7) is 4.86. The summed E-state index contributed by atoms with van der Waals surface area (Å²) in [5, 5.41) is 11.0. The van der Waals surface area contributed by atoms with E-state index in [-0.39, 0.29) is 6.04 Å². The van der Waals surface area contributed by atoms with Crippen LogP contribution in [0.3, 0.4) is 0 Å². The Kier molecular flexibility index (Phi) is 4.63. The van der Waals surface area contributed by atoms with Gasteiger partial charge >= 0.3 is 0 Å². The first kappa shape index (κ1) is 11.2. The van der Waals surface area contributed by atoms with Crippen LogP contribution in [-0.4, -0.2) is 22.9 Å². The zero-order chi connectivity index (χ0) is 10.4. The van der Waals surface area contributed by atoms with Gasteiger partial charge in [-0.05, 0) is 25.3 Å². The Bertz CT molecular complexity index is 248. The molecule has 1 atom stereocenters. The molecule has 0 aliphatic carbocycles. The van der Waals surface area contributed by atoms with E-state index in [4.69, 9.17) is 0 Å². The highest BCUT2D eigenvalue weighted by molar-refractivity contribution is 5.15. The van der Waals surface area contributed by atoms with Crippen molar-refractivity contribution in [2.75, 3.05) is 6.54 Å². The molecule has 1 rings (SSSR count). The largest absolute Gasteiger partial charge is 0.314 e. The molecule has 14 heavy (non-hydrogen) atoms. The molecule has 1 aromatic carbocycles. The summed E-state index contributed by atoms with van der Waals surface area (Å²) < 4.78 is 0. The molecule has 0 saturated heterocycles. The van der Waals surface area contributed by atoms with Gasteiger partial charge in [0.1, 0.15) is 0 Å². The first-order chi connectivity index (χ1) is 6.74. The van der Waals surface area contributed by atoms with Gasteiger partial charge in [0.15, 0.2) is 0 Å². The maximum atomic E-state index is 9.61. The monoisotopic (exact) mass is 193 g/mol. The molecule has 0 aliphatic rings. The minimum absolute atomic E-state index is 0.192. The molecule has 0 heterocycles. The predicted octanol–water partition coefficient (Wildman–Crippen LogP) is 2.72. The Morgan fingerprint density at radius 2 is 1.93 bits per heavy atom. The van der Waals surface area contributed by atoms with Crippen molar-refractivity contribution in [2.45, 2.75) is 32.7 Å². The van der Waals surface area contributed by atoms with Crippen LogP contribution in [0.2, 0.25) is 0 Å². The van der Waals surface area contributed by atoms with Crippen LogP contribution in [0.25, 0.3) is 0 Å². The molecule has 0 aliphatic heterocycles. The molecule has 0 bridgehead atoms. The van der Waals surface area contributed by atoms with E-state index in [1.165, 1.54) is 10.6 Å². The molecule has 78 valence electrons. The minimum Gasteiger partial charge on any atom is -0.314 e. The number of rotatable bonds is 5. The fraction of sp³-hybridized carbons (Fsp3) is 0.500. The van der Waals surface area contributed by atoms with E-state index in [0.29, 0.717) is 0 Å². The van der Waals surface area contributed by atoms with Gasteiger partial charge < -0.3 is 5.21 Å². The SMILES string of the molecule is CCCN(O)C(C)Cc1ccccc1. The Labute approximate surface area is 86.1 Å². The molecule has 0 fully saturated rings. The summed E-state index contributed by atoms with van der Waals surface area (Å²) in [7, 11) is 0. The van der Waals surface area contributed by atoms with Crippen LogP contribution < -0.4 is 0 Å². The number of nitrogens with zero attached hydrogens (tertiary/aromatic N) is 1. The second kappa shape index (κ2) is 5.78. The molecule has 0 saturated carbocycles. The van der Waals surface area contributed by atoms with E-state index in [2.05, 4.69) is 19.1 Å². The molecule has 2 nitrogen and oxygen atoms in total. The topological polar surface area (TPSA) is 23.5 Å². The van der Waals surface area contributed by atoms with Crippen LogP contribution in [0.5, 0.6) is 0 Å². The summed E-state index contributed by atoms with van der Waals surface area (Å²) in [5.41, 5.74) is 1.27. The lowest BCUT2D eigenvalue weighted by Gasteiger charge is -2.21. The normalized spacial score (nSPS) is 13.1. The second-order valence-electron chi connectivity index (χ2n) is 3.70. The summed E-state index contributed by atoms with van der Waals surface area (Å²) in [6, 6.07) is 10.5. The Balaban J connectivity index is 2.44. The van der Waals surface area contributed by atoms with Crippen molar-refractivity contribution in [3.8, 4) is 0 Å². The zero-order valence-corrected chi connectivity index (χ0v) is 8.98. The highest BCUT2D eigenvalue weighted by Crippen LogP contribution is 2.07. The molecular weight excluding hydrogens is 174 g/mol. The van der Waals surface area contributed by atoms with Gasteiger partial charge in [-0.15, -0.1) is 0 Å². The standard InChI is InChI=1S/C12H19NO/c1-3-9-13(14)11(2)10-12-7-5-4-6-8-12/h4-8,11,14H,3,9-10H2,1-2H3. The maximum Gasteiger partial charge on any atom is 0.0362 e. The smallest absolute Gasteiger partial charge is 0.0362 e. The first-order valence-corrected chi connectivity index (χ1v) is 5.23. The molecule has 0 amide bonds. The number of hydrogen-bond donors (Lipinski definition) is 1. The third-order valence-corrected chi connectivity index (χ3v) is 2.34. The molecular formula is C12H19NO.